The number of hydrogen-bond donors (Lipinski definition) is 1. The van der Waals surface area contributed by atoms with E-state index in [-0.39, 0.29) is 0 Å². The van der Waals surface area contributed by atoms with Crippen molar-refractivity contribution in [2.45, 2.75) is 12.8 Å². The van der Waals surface area contributed by atoms with Crippen molar-refractivity contribution >= 4 is 17.8 Å². The molecule has 1 fully saturated rings. The zero-order valence-electron chi connectivity index (χ0n) is 8.44. The Hall–Kier alpha value is -1.18. The van der Waals surface area contributed by atoms with Gasteiger partial charge in [-0.25, -0.2) is 4.31 Å². The van der Waals surface area contributed by atoms with Crippen LogP contribution in [0.5, 0.6) is 0 Å². The van der Waals surface area contributed by atoms with Gasteiger partial charge >= 0.3 is 0 Å². The third-order valence-corrected chi connectivity index (χ3v) is 3.33. The molecule has 0 bridgehead atoms. The summed E-state index contributed by atoms with van der Waals surface area (Å²) < 4.78 is 5.51. The first-order chi connectivity index (χ1) is 7.40. The van der Waals surface area contributed by atoms with Crippen LogP contribution >= 0.6 is 12.1 Å². The summed E-state index contributed by atoms with van der Waals surface area (Å²) >= 11 is 1.60. The van der Waals surface area contributed by atoms with Crippen molar-refractivity contribution in [3.63, 3.8) is 0 Å². The van der Waals surface area contributed by atoms with Crippen LogP contribution in [0.1, 0.15) is 18.4 Å². The first kappa shape index (κ1) is 10.3. The average molecular weight is 219 g/mol. The van der Waals surface area contributed by atoms with E-state index in [1.807, 2.05) is 24.3 Å². The third kappa shape index (κ3) is 2.65. The summed E-state index contributed by atoms with van der Waals surface area (Å²) in [6.45, 7) is 2.26. The number of nitrogens with one attached hydrogen (secondary N) is 1. The summed E-state index contributed by atoms with van der Waals surface area (Å²) in [7, 11) is 0. The average Bonchev–Trinajstić information content (AvgIpc) is 2.79. The summed E-state index contributed by atoms with van der Waals surface area (Å²) in [5.74, 6) is 0. The monoisotopic (exact) mass is 219 g/mol. The molecule has 1 aliphatic rings. The van der Waals surface area contributed by atoms with E-state index in [0.717, 1.165) is 18.8 Å². The minimum atomic E-state index is 0.698. The van der Waals surface area contributed by atoms with Crippen LogP contribution in [0.2, 0.25) is 0 Å². The molecule has 1 N–H and O–H groups in total. The quantitative estimate of drug-likeness (QED) is 0.793. The lowest BCUT2D eigenvalue weighted by atomic mass is 10.2. The molecule has 15 heavy (non-hydrogen) atoms. The van der Waals surface area contributed by atoms with Gasteiger partial charge in [-0.3, -0.25) is 0 Å². The van der Waals surface area contributed by atoms with E-state index in [1.165, 1.54) is 12.8 Å². The van der Waals surface area contributed by atoms with Crippen molar-refractivity contribution in [3.05, 3.63) is 29.8 Å². The van der Waals surface area contributed by atoms with Gasteiger partial charge < -0.3 is 4.72 Å². The van der Waals surface area contributed by atoms with Crippen LogP contribution in [0.4, 0.5) is 5.69 Å². The second-order valence-electron chi connectivity index (χ2n) is 3.49. The van der Waals surface area contributed by atoms with Crippen molar-refractivity contribution < 1.29 is 0 Å². The minimum Gasteiger partial charge on any atom is -0.315 e. The largest absolute Gasteiger partial charge is 0.315 e. The van der Waals surface area contributed by atoms with Crippen LogP contribution in [0, 0.1) is 11.3 Å². The highest BCUT2D eigenvalue weighted by Crippen LogP contribution is 2.22. The van der Waals surface area contributed by atoms with E-state index in [0.29, 0.717) is 5.56 Å². The van der Waals surface area contributed by atoms with Crippen LogP contribution in [0.15, 0.2) is 24.3 Å². The third-order valence-electron chi connectivity index (χ3n) is 2.40. The molecular formula is C11H13N3S. The number of hydrogen-bond acceptors (Lipinski definition) is 4. The summed E-state index contributed by atoms with van der Waals surface area (Å²) in [5.41, 5.74) is 1.60. The number of para-hydroxylation sites is 1. The molecule has 4 heteroatoms. The van der Waals surface area contributed by atoms with Crippen molar-refractivity contribution in [1.82, 2.24) is 4.31 Å². The van der Waals surface area contributed by atoms with Gasteiger partial charge in [-0.15, -0.1) is 0 Å². The molecule has 0 radical (unpaired) electrons. The molecule has 0 spiro atoms. The van der Waals surface area contributed by atoms with Crippen LogP contribution in [-0.4, -0.2) is 17.4 Å². The molecule has 0 amide bonds. The van der Waals surface area contributed by atoms with Crippen LogP contribution in [0.3, 0.4) is 0 Å². The van der Waals surface area contributed by atoms with E-state index in [1.54, 1.807) is 12.1 Å². The molecule has 0 aliphatic carbocycles. The highest BCUT2D eigenvalue weighted by Gasteiger charge is 2.12. The Morgan fingerprint density at radius 2 is 2.00 bits per heavy atom. The van der Waals surface area contributed by atoms with E-state index in [4.69, 9.17) is 5.26 Å². The summed E-state index contributed by atoms with van der Waals surface area (Å²) in [6, 6.07) is 9.75. The normalized spacial score (nSPS) is 16.2. The first-order valence-corrected chi connectivity index (χ1v) is 5.84. The Morgan fingerprint density at radius 1 is 1.27 bits per heavy atom. The van der Waals surface area contributed by atoms with E-state index < -0.39 is 0 Å². The number of benzene rings is 1. The molecule has 1 aromatic rings. The molecule has 1 aliphatic heterocycles. The number of nitrogens with zero attached hydrogens (tertiary/aromatic N) is 2. The fraction of sp³-hybridized carbons (Fsp3) is 0.364. The van der Waals surface area contributed by atoms with Gasteiger partial charge in [0, 0.05) is 25.2 Å². The van der Waals surface area contributed by atoms with Crippen molar-refractivity contribution in [2.24, 2.45) is 0 Å². The standard InChI is InChI=1S/C11H13N3S/c12-9-10-5-1-2-6-11(10)13-15-14-7-3-4-8-14/h1-2,5-6,13H,3-4,7-8H2. The Morgan fingerprint density at radius 3 is 2.73 bits per heavy atom. The smallest absolute Gasteiger partial charge is 0.101 e. The molecule has 1 saturated heterocycles. The summed E-state index contributed by atoms with van der Waals surface area (Å²) in [5, 5.41) is 8.90. The molecule has 2 rings (SSSR count). The maximum atomic E-state index is 8.90. The van der Waals surface area contributed by atoms with Gasteiger partial charge in [-0.05, 0) is 25.0 Å². The summed E-state index contributed by atoms with van der Waals surface area (Å²) in [4.78, 5) is 0. The minimum absolute atomic E-state index is 0.698. The molecule has 0 unspecified atom stereocenters. The van der Waals surface area contributed by atoms with Gasteiger partial charge in [-0.1, -0.05) is 12.1 Å². The van der Waals surface area contributed by atoms with Crippen molar-refractivity contribution in [1.29, 1.82) is 5.26 Å². The highest BCUT2D eigenvalue weighted by molar-refractivity contribution is 7.98. The fourth-order valence-corrected chi connectivity index (χ4v) is 2.41. The molecule has 0 aromatic heterocycles. The Bertz CT molecular complexity index is 366. The fourth-order valence-electron chi connectivity index (χ4n) is 1.56. The van der Waals surface area contributed by atoms with Crippen molar-refractivity contribution in [2.75, 3.05) is 17.8 Å². The lowest BCUT2D eigenvalue weighted by Gasteiger charge is -2.14. The highest BCUT2D eigenvalue weighted by atomic mass is 32.2. The molecule has 0 atom stereocenters. The van der Waals surface area contributed by atoms with Gasteiger partial charge in [0.25, 0.3) is 0 Å². The molecule has 1 aromatic carbocycles. The molecule has 1 heterocycles. The van der Waals surface area contributed by atoms with Gasteiger partial charge in [0.15, 0.2) is 0 Å². The molecule has 3 nitrogen and oxygen atoms in total. The maximum Gasteiger partial charge on any atom is 0.101 e. The van der Waals surface area contributed by atoms with E-state index in [2.05, 4.69) is 15.1 Å². The number of rotatable bonds is 3. The number of anilines is 1. The lowest BCUT2D eigenvalue weighted by Crippen LogP contribution is -2.12. The van der Waals surface area contributed by atoms with E-state index >= 15 is 0 Å². The molecule has 0 saturated carbocycles. The van der Waals surface area contributed by atoms with E-state index in [9.17, 15) is 0 Å². The van der Waals surface area contributed by atoms with Crippen LogP contribution < -0.4 is 4.72 Å². The molecular weight excluding hydrogens is 206 g/mol. The van der Waals surface area contributed by atoms with Gasteiger partial charge in [-0.2, -0.15) is 5.26 Å². The number of nitriles is 1. The van der Waals surface area contributed by atoms with Crippen LogP contribution in [-0.2, 0) is 0 Å². The van der Waals surface area contributed by atoms with Gasteiger partial charge in [0.1, 0.15) is 6.07 Å². The zero-order chi connectivity index (χ0) is 10.5. The second-order valence-corrected chi connectivity index (χ2v) is 4.39. The first-order valence-electron chi connectivity index (χ1n) is 5.07. The second kappa shape index (κ2) is 5.06. The Kier molecular flexibility index (Phi) is 3.49. The molecule has 78 valence electrons. The van der Waals surface area contributed by atoms with Crippen LogP contribution in [0.25, 0.3) is 0 Å². The Labute approximate surface area is 94.3 Å². The van der Waals surface area contributed by atoms with Gasteiger partial charge in [0.2, 0.25) is 0 Å². The van der Waals surface area contributed by atoms with Gasteiger partial charge in [0.05, 0.1) is 11.3 Å². The topological polar surface area (TPSA) is 39.1 Å². The predicted molar refractivity (Wildman–Crippen MR) is 63.2 cm³/mol. The Balaban J connectivity index is 1.95. The predicted octanol–water partition coefficient (Wildman–Crippen LogP) is 2.63. The zero-order valence-corrected chi connectivity index (χ0v) is 9.26. The summed E-state index contributed by atoms with van der Waals surface area (Å²) in [6.07, 6.45) is 2.54. The maximum absolute atomic E-state index is 8.90. The van der Waals surface area contributed by atoms with Crippen molar-refractivity contribution in [3.8, 4) is 6.07 Å². The lowest BCUT2D eigenvalue weighted by molar-refractivity contribution is 0.589. The SMILES string of the molecule is N#Cc1ccccc1NSN1CCCC1.